The van der Waals surface area contributed by atoms with Crippen molar-refractivity contribution in [3.63, 3.8) is 0 Å². The topological polar surface area (TPSA) is 129 Å². The molecule has 8 nitrogen and oxygen atoms in total. The van der Waals surface area contributed by atoms with E-state index in [0.29, 0.717) is 11.1 Å². The van der Waals surface area contributed by atoms with Gasteiger partial charge in [-0.15, -0.1) is 0 Å². The minimum atomic E-state index is -1.20. The average Bonchev–Trinajstić information content (AvgIpc) is 2.71. The summed E-state index contributed by atoms with van der Waals surface area (Å²) in [5, 5.41) is 22.7. The standard InChI is InChI=1S/C20H19N3O5/c21-11-15-8-6-14(7-9-15)10-17(19(25)26)23-18(24)12-22-20(27)28-13-16-4-2-1-3-5-16/h1-9,17H,10,12-13H2,(H,22,27)(H,23,24)(H,25,26)/t17-/m1/s1. The van der Waals surface area contributed by atoms with E-state index in [4.69, 9.17) is 10.00 Å². The van der Waals surface area contributed by atoms with Crippen LogP contribution in [0, 0.1) is 11.3 Å². The van der Waals surface area contributed by atoms with E-state index in [1.54, 1.807) is 36.4 Å². The highest BCUT2D eigenvalue weighted by atomic mass is 16.5. The maximum atomic E-state index is 11.9. The van der Waals surface area contributed by atoms with Crippen LogP contribution in [-0.4, -0.2) is 35.7 Å². The summed E-state index contributed by atoms with van der Waals surface area (Å²) in [5.74, 6) is -1.86. The van der Waals surface area contributed by atoms with Crippen molar-refractivity contribution in [2.24, 2.45) is 0 Å². The smallest absolute Gasteiger partial charge is 0.407 e. The van der Waals surface area contributed by atoms with Gasteiger partial charge in [-0.2, -0.15) is 5.26 Å². The summed E-state index contributed by atoms with van der Waals surface area (Å²) >= 11 is 0. The zero-order chi connectivity index (χ0) is 20.4. The number of alkyl carbamates (subject to hydrolysis) is 1. The maximum absolute atomic E-state index is 11.9. The summed E-state index contributed by atoms with van der Waals surface area (Å²) in [6.45, 7) is -0.352. The van der Waals surface area contributed by atoms with Gasteiger partial charge in [0.1, 0.15) is 19.2 Å². The molecule has 0 heterocycles. The summed E-state index contributed by atoms with van der Waals surface area (Å²) in [6, 6.07) is 16.2. The van der Waals surface area contributed by atoms with Gasteiger partial charge in [0.25, 0.3) is 0 Å². The SMILES string of the molecule is N#Cc1ccc(C[C@@H](NC(=O)CNC(=O)OCc2ccccc2)C(=O)O)cc1. The number of carbonyl (C=O) groups excluding carboxylic acids is 2. The number of hydrogen-bond donors (Lipinski definition) is 3. The second-order valence-corrected chi connectivity index (χ2v) is 5.89. The number of ether oxygens (including phenoxy) is 1. The Morgan fingerprint density at radius 2 is 1.71 bits per heavy atom. The Hall–Kier alpha value is -3.86. The second kappa shape index (κ2) is 10.3. The molecule has 0 spiro atoms. The Kier molecular flexibility index (Phi) is 7.54. The largest absolute Gasteiger partial charge is 0.480 e. The molecule has 0 aliphatic heterocycles. The van der Waals surface area contributed by atoms with Gasteiger partial charge in [0.15, 0.2) is 0 Å². The van der Waals surface area contributed by atoms with Crippen molar-refractivity contribution < 1.29 is 24.2 Å². The van der Waals surface area contributed by atoms with Crippen LogP contribution in [-0.2, 0) is 27.4 Å². The molecule has 3 N–H and O–H groups in total. The van der Waals surface area contributed by atoms with Crippen LogP contribution in [0.5, 0.6) is 0 Å². The lowest BCUT2D eigenvalue weighted by molar-refractivity contribution is -0.141. The number of aliphatic carboxylic acids is 1. The number of carbonyl (C=O) groups is 3. The minimum absolute atomic E-state index is 0.0469. The minimum Gasteiger partial charge on any atom is -0.480 e. The first kappa shape index (κ1) is 20.5. The lowest BCUT2D eigenvalue weighted by atomic mass is 10.0. The van der Waals surface area contributed by atoms with Crippen LogP contribution in [0.3, 0.4) is 0 Å². The number of amides is 2. The average molecular weight is 381 g/mol. The maximum Gasteiger partial charge on any atom is 0.407 e. The number of carboxylic acid groups (broad SMARTS) is 1. The van der Waals surface area contributed by atoms with Crippen LogP contribution in [0.4, 0.5) is 4.79 Å². The first-order valence-corrected chi connectivity index (χ1v) is 8.43. The Morgan fingerprint density at radius 3 is 2.32 bits per heavy atom. The van der Waals surface area contributed by atoms with Gasteiger partial charge in [-0.25, -0.2) is 9.59 Å². The molecule has 28 heavy (non-hydrogen) atoms. The molecule has 2 rings (SSSR count). The van der Waals surface area contributed by atoms with Gasteiger partial charge in [-0.3, -0.25) is 4.79 Å². The number of nitriles is 1. The number of carboxylic acids is 1. The van der Waals surface area contributed by atoms with E-state index >= 15 is 0 Å². The number of benzene rings is 2. The van der Waals surface area contributed by atoms with Gasteiger partial charge in [-0.1, -0.05) is 42.5 Å². The summed E-state index contributed by atoms with van der Waals surface area (Å²) in [4.78, 5) is 35.0. The zero-order valence-corrected chi connectivity index (χ0v) is 14.9. The molecule has 2 aromatic carbocycles. The predicted octanol–water partition coefficient (Wildman–Crippen LogP) is 1.60. The fraction of sp³-hybridized carbons (Fsp3) is 0.200. The van der Waals surface area contributed by atoms with Crippen molar-refractivity contribution >= 4 is 18.0 Å². The summed E-state index contributed by atoms with van der Waals surface area (Å²) in [6.07, 6.45) is -0.733. The molecular weight excluding hydrogens is 362 g/mol. The highest BCUT2D eigenvalue weighted by Gasteiger charge is 2.20. The molecule has 0 fully saturated rings. The van der Waals surface area contributed by atoms with E-state index < -0.39 is 30.6 Å². The van der Waals surface area contributed by atoms with Gasteiger partial charge in [0.2, 0.25) is 5.91 Å². The lowest BCUT2D eigenvalue weighted by Crippen LogP contribution is -2.46. The number of nitrogens with zero attached hydrogens (tertiary/aromatic N) is 1. The molecule has 2 aromatic rings. The highest BCUT2D eigenvalue weighted by Crippen LogP contribution is 2.07. The molecule has 0 aromatic heterocycles. The van der Waals surface area contributed by atoms with E-state index in [0.717, 1.165) is 5.56 Å². The van der Waals surface area contributed by atoms with E-state index in [9.17, 15) is 19.5 Å². The molecular formula is C20H19N3O5. The Labute approximate surface area is 161 Å². The van der Waals surface area contributed by atoms with E-state index in [1.807, 2.05) is 24.3 Å². The fourth-order valence-corrected chi connectivity index (χ4v) is 2.32. The number of hydrogen-bond acceptors (Lipinski definition) is 5. The van der Waals surface area contributed by atoms with E-state index in [-0.39, 0.29) is 13.0 Å². The monoisotopic (exact) mass is 381 g/mol. The van der Waals surface area contributed by atoms with E-state index in [1.165, 1.54) is 0 Å². The molecule has 0 aliphatic rings. The molecule has 0 aliphatic carbocycles. The highest BCUT2D eigenvalue weighted by molar-refractivity contribution is 5.86. The first-order valence-electron chi connectivity index (χ1n) is 8.43. The van der Waals surface area contributed by atoms with Crippen LogP contribution in [0.2, 0.25) is 0 Å². The third-order valence-corrected chi connectivity index (χ3v) is 3.76. The number of nitrogens with one attached hydrogen (secondary N) is 2. The molecule has 1 atom stereocenters. The lowest BCUT2D eigenvalue weighted by Gasteiger charge is -2.15. The third-order valence-electron chi connectivity index (χ3n) is 3.76. The Balaban J connectivity index is 1.78. The van der Waals surface area contributed by atoms with Gasteiger partial charge in [0.05, 0.1) is 11.6 Å². The molecule has 0 bridgehead atoms. The van der Waals surface area contributed by atoms with Crippen molar-refractivity contribution in [3.8, 4) is 6.07 Å². The Morgan fingerprint density at radius 1 is 1.04 bits per heavy atom. The predicted molar refractivity (Wildman–Crippen MR) is 99.1 cm³/mol. The van der Waals surface area contributed by atoms with Crippen molar-refractivity contribution in [2.75, 3.05) is 6.54 Å². The van der Waals surface area contributed by atoms with E-state index in [2.05, 4.69) is 10.6 Å². The van der Waals surface area contributed by atoms with Gasteiger partial charge in [0, 0.05) is 6.42 Å². The molecule has 0 saturated carbocycles. The normalized spacial score (nSPS) is 11.0. The summed E-state index contributed by atoms with van der Waals surface area (Å²) in [5.41, 5.74) is 1.91. The van der Waals surface area contributed by atoms with Crippen LogP contribution in [0.25, 0.3) is 0 Å². The quantitative estimate of drug-likeness (QED) is 0.637. The van der Waals surface area contributed by atoms with Gasteiger partial charge in [-0.05, 0) is 23.3 Å². The third kappa shape index (κ3) is 6.80. The molecule has 0 saturated heterocycles. The van der Waals surface area contributed by atoms with Gasteiger partial charge >= 0.3 is 12.1 Å². The molecule has 0 radical (unpaired) electrons. The van der Waals surface area contributed by atoms with Crippen LogP contribution in [0.1, 0.15) is 16.7 Å². The summed E-state index contributed by atoms with van der Waals surface area (Å²) < 4.78 is 4.98. The fourth-order valence-electron chi connectivity index (χ4n) is 2.32. The van der Waals surface area contributed by atoms with Crippen LogP contribution in [0.15, 0.2) is 54.6 Å². The molecule has 144 valence electrons. The number of rotatable bonds is 8. The zero-order valence-electron chi connectivity index (χ0n) is 14.9. The second-order valence-electron chi connectivity index (χ2n) is 5.89. The molecule has 8 heteroatoms. The van der Waals surface area contributed by atoms with Crippen molar-refractivity contribution in [1.82, 2.24) is 10.6 Å². The Bertz CT molecular complexity index is 860. The van der Waals surface area contributed by atoms with Crippen LogP contribution >= 0.6 is 0 Å². The van der Waals surface area contributed by atoms with Crippen molar-refractivity contribution in [2.45, 2.75) is 19.1 Å². The van der Waals surface area contributed by atoms with Crippen molar-refractivity contribution in [3.05, 3.63) is 71.3 Å². The molecule has 0 unspecified atom stereocenters. The van der Waals surface area contributed by atoms with Gasteiger partial charge < -0.3 is 20.5 Å². The first-order chi connectivity index (χ1) is 13.5. The summed E-state index contributed by atoms with van der Waals surface area (Å²) in [7, 11) is 0. The molecule has 2 amide bonds. The van der Waals surface area contributed by atoms with Crippen LogP contribution < -0.4 is 10.6 Å². The van der Waals surface area contributed by atoms with Crippen molar-refractivity contribution in [1.29, 1.82) is 5.26 Å².